The average Bonchev–Trinajstić information content (AvgIpc) is 2.92. The van der Waals surface area contributed by atoms with E-state index in [-0.39, 0.29) is 18.5 Å². The van der Waals surface area contributed by atoms with E-state index >= 15 is 0 Å². The highest BCUT2D eigenvalue weighted by atomic mass is 79.9. The minimum atomic E-state index is -0.0714. The highest BCUT2D eigenvalue weighted by Gasteiger charge is 2.15. The maximum atomic E-state index is 12.1. The number of hydrogen-bond donors (Lipinski definition) is 1. The van der Waals surface area contributed by atoms with Gasteiger partial charge in [-0.15, -0.1) is 0 Å². The maximum absolute atomic E-state index is 12.1. The summed E-state index contributed by atoms with van der Waals surface area (Å²) in [5.74, 6) is -0.0684. The van der Waals surface area contributed by atoms with Gasteiger partial charge in [-0.25, -0.2) is 0 Å². The third kappa shape index (κ3) is 3.72. The minimum absolute atomic E-state index is 0.0684. The van der Waals surface area contributed by atoms with Crippen LogP contribution in [0.4, 0.5) is 0 Å². The molecule has 2 aromatic heterocycles. The van der Waals surface area contributed by atoms with Crippen LogP contribution in [0.5, 0.6) is 0 Å². The fourth-order valence-electron chi connectivity index (χ4n) is 2.21. The lowest BCUT2D eigenvalue weighted by Crippen LogP contribution is -2.30. The number of hydrogen-bond acceptors (Lipinski definition) is 3. The molecule has 0 fully saturated rings. The Morgan fingerprint density at radius 1 is 1.29 bits per heavy atom. The van der Waals surface area contributed by atoms with E-state index in [4.69, 9.17) is 0 Å². The van der Waals surface area contributed by atoms with E-state index in [2.05, 4.69) is 31.4 Å². The summed E-state index contributed by atoms with van der Waals surface area (Å²) in [6.45, 7) is 8.88. The van der Waals surface area contributed by atoms with Gasteiger partial charge in [-0.2, -0.15) is 10.2 Å². The monoisotopic (exact) mass is 353 g/mol. The van der Waals surface area contributed by atoms with Crippen molar-refractivity contribution in [2.75, 3.05) is 0 Å². The molecule has 0 spiro atoms. The first-order valence-corrected chi connectivity index (χ1v) is 7.72. The number of rotatable bonds is 5. The average molecular weight is 354 g/mol. The number of carbonyl (C=O) groups is 1. The van der Waals surface area contributed by atoms with Gasteiger partial charge in [-0.05, 0) is 43.6 Å². The Labute approximate surface area is 132 Å². The number of carbonyl (C=O) groups excluding carboxylic acids is 1. The summed E-state index contributed by atoms with van der Waals surface area (Å²) in [5.41, 5.74) is 2.86. The van der Waals surface area contributed by atoms with E-state index in [1.165, 1.54) is 0 Å². The van der Waals surface area contributed by atoms with Gasteiger partial charge in [-0.3, -0.25) is 14.2 Å². The van der Waals surface area contributed by atoms with Crippen molar-refractivity contribution in [3.8, 4) is 0 Å². The lowest BCUT2D eigenvalue weighted by atomic mass is 10.1. The molecule has 21 heavy (non-hydrogen) atoms. The molecule has 0 radical (unpaired) electrons. The lowest BCUT2D eigenvalue weighted by Gasteiger charge is -2.13. The van der Waals surface area contributed by atoms with Crippen molar-refractivity contribution >= 4 is 21.8 Å². The molecule has 2 aromatic rings. The van der Waals surface area contributed by atoms with Crippen molar-refractivity contribution in [1.29, 1.82) is 0 Å². The Balaban J connectivity index is 1.99. The second-order valence-electron chi connectivity index (χ2n) is 5.07. The van der Waals surface area contributed by atoms with Crippen LogP contribution in [0, 0.1) is 13.8 Å². The van der Waals surface area contributed by atoms with Crippen LogP contribution in [-0.2, 0) is 17.9 Å². The predicted molar refractivity (Wildman–Crippen MR) is 83.9 cm³/mol. The molecule has 0 saturated carbocycles. The van der Waals surface area contributed by atoms with E-state index < -0.39 is 0 Å². The Hall–Kier alpha value is -1.63. The zero-order chi connectivity index (χ0) is 15.6. The fourth-order valence-corrected chi connectivity index (χ4v) is 2.52. The van der Waals surface area contributed by atoms with Gasteiger partial charge in [0, 0.05) is 24.5 Å². The van der Waals surface area contributed by atoms with Gasteiger partial charge in [0.05, 0.1) is 21.9 Å². The number of halogens is 1. The molecule has 6 nitrogen and oxygen atoms in total. The highest BCUT2D eigenvalue weighted by molar-refractivity contribution is 9.10. The molecule has 1 unspecified atom stereocenters. The van der Waals surface area contributed by atoms with Gasteiger partial charge in [-0.1, -0.05) is 0 Å². The molecule has 114 valence electrons. The van der Waals surface area contributed by atoms with Crippen molar-refractivity contribution in [1.82, 2.24) is 24.9 Å². The Morgan fingerprint density at radius 2 is 1.95 bits per heavy atom. The van der Waals surface area contributed by atoms with Gasteiger partial charge in [0.1, 0.15) is 6.54 Å². The summed E-state index contributed by atoms with van der Waals surface area (Å²) in [6.07, 6.45) is 3.79. The van der Waals surface area contributed by atoms with Gasteiger partial charge in [0.25, 0.3) is 0 Å². The van der Waals surface area contributed by atoms with Crippen LogP contribution in [0.15, 0.2) is 16.9 Å². The molecule has 7 heteroatoms. The highest BCUT2D eigenvalue weighted by Crippen LogP contribution is 2.16. The standard InChI is InChI=1S/C14H20BrN5O/c1-5-19-6-12(10(3)17-19)9(2)16-14(21)8-20-7-13(15)11(4)18-20/h6-7,9H,5,8H2,1-4H3,(H,16,21). The number of amides is 1. The second kappa shape index (κ2) is 6.43. The zero-order valence-corrected chi connectivity index (χ0v) is 14.3. The Bertz CT molecular complexity index is 626. The Kier molecular flexibility index (Phi) is 4.82. The van der Waals surface area contributed by atoms with E-state index in [1.54, 1.807) is 10.9 Å². The maximum Gasteiger partial charge on any atom is 0.242 e. The van der Waals surface area contributed by atoms with Crippen LogP contribution in [0.3, 0.4) is 0 Å². The number of aromatic nitrogens is 4. The first-order valence-electron chi connectivity index (χ1n) is 6.93. The van der Waals surface area contributed by atoms with E-state index in [9.17, 15) is 4.79 Å². The normalized spacial score (nSPS) is 12.4. The molecule has 0 bridgehead atoms. The van der Waals surface area contributed by atoms with Gasteiger partial charge in [0.2, 0.25) is 5.91 Å². The quantitative estimate of drug-likeness (QED) is 0.897. The van der Waals surface area contributed by atoms with Crippen LogP contribution >= 0.6 is 15.9 Å². The molecule has 0 saturated heterocycles. The van der Waals surface area contributed by atoms with Crippen molar-refractivity contribution in [2.24, 2.45) is 0 Å². The summed E-state index contributed by atoms with van der Waals surface area (Å²) in [4.78, 5) is 12.1. The largest absolute Gasteiger partial charge is 0.348 e. The van der Waals surface area contributed by atoms with Gasteiger partial charge < -0.3 is 5.32 Å². The molecule has 0 aromatic carbocycles. The third-order valence-corrected chi connectivity index (χ3v) is 4.12. The van der Waals surface area contributed by atoms with Crippen LogP contribution in [-0.4, -0.2) is 25.5 Å². The molecular formula is C14H20BrN5O. The second-order valence-corrected chi connectivity index (χ2v) is 5.93. The summed E-state index contributed by atoms with van der Waals surface area (Å²) in [6, 6.07) is -0.0714. The van der Waals surface area contributed by atoms with E-state index in [0.717, 1.165) is 28.0 Å². The van der Waals surface area contributed by atoms with Crippen molar-refractivity contribution in [3.05, 3.63) is 33.8 Å². The van der Waals surface area contributed by atoms with Crippen LogP contribution < -0.4 is 5.32 Å². The fraction of sp³-hybridized carbons (Fsp3) is 0.500. The van der Waals surface area contributed by atoms with Gasteiger partial charge in [0.15, 0.2) is 0 Å². The summed E-state index contributed by atoms with van der Waals surface area (Å²) >= 11 is 3.39. The topological polar surface area (TPSA) is 64.7 Å². The first kappa shape index (κ1) is 15.8. The van der Waals surface area contributed by atoms with Crippen molar-refractivity contribution < 1.29 is 4.79 Å². The SMILES string of the molecule is CCn1cc(C(C)NC(=O)Cn2cc(Br)c(C)n2)c(C)n1. The third-order valence-electron chi connectivity index (χ3n) is 3.34. The smallest absolute Gasteiger partial charge is 0.242 e. The molecule has 1 N–H and O–H groups in total. The summed E-state index contributed by atoms with van der Waals surface area (Å²) < 4.78 is 4.41. The molecule has 1 atom stereocenters. The lowest BCUT2D eigenvalue weighted by molar-refractivity contribution is -0.122. The van der Waals surface area contributed by atoms with Crippen LogP contribution in [0.1, 0.15) is 36.8 Å². The van der Waals surface area contributed by atoms with Crippen molar-refractivity contribution in [2.45, 2.75) is 46.8 Å². The molecular weight excluding hydrogens is 334 g/mol. The number of nitrogens with zero attached hydrogens (tertiary/aromatic N) is 4. The molecule has 1 amide bonds. The van der Waals surface area contributed by atoms with Crippen molar-refractivity contribution in [3.63, 3.8) is 0 Å². The first-order chi connectivity index (χ1) is 9.90. The predicted octanol–water partition coefficient (Wildman–Crippen LogP) is 2.36. The number of nitrogens with one attached hydrogen (secondary N) is 1. The Morgan fingerprint density at radius 3 is 2.48 bits per heavy atom. The molecule has 2 heterocycles. The number of aryl methyl sites for hydroxylation is 3. The summed E-state index contributed by atoms with van der Waals surface area (Å²) in [5, 5.41) is 11.6. The van der Waals surface area contributed by atoms with Crippen LogP contribution in [0.2, 0.25) is 0 Å². The molecule has 0 aliphatic carbocycles. The zero-order valence-electron chi connectivity index (χ0n) is 12.7. The van der Waals surface area contributed by atoms with Gasteiger partial charge >= 0.3 is 0 Å². The van der Waals surface area contributed by atoms with E-state index in [0.29, 0.717) is 0 Å². The molecule has 0 aliphatic heterocycles. The molecule has 2 rings (SSSR count). The van der Waals surface area contributed by atoms with E-state index in [1.807, 2.05) is 38.6 Å². The van der Waals surface area contributed by atoms with Crippen LogP contribution in [0.25, 0.3) is 0 Å². The summed E-state index contributed by atoms with van der Waals surface area (Å²) in [7, 11) is 0. The minimum Gasteiger partial charge on any atom is -0.348 e. The molecule has 0 aliphatic rings.